The molecule has 0 radical (unpaired) electrons. The van der Waals surface area contributed by atoms with E-state index in [1.165, 1.54) is 12.1 Å². The average Bonchev–Trinajstić information content (AvgIpc) is 2.44. The van der Waals surface area contributed by atoms with Crippen LogP contribution in [0.5, 0.6) is 0 Å². The molecule has 0 spiro atoms. The van der Waals surface area contributed by atoms with Crippen LogP contribution in [0, 0.1) is 12.7 Å². The number of amides is 1. The Bertz CT molecular complexity index is 631. The maximum Gasteiger partial charge on any atom is 0.257 e. The van der Waals surface area contributed by atoms with Crippen LogP contribution in [0.2, 0.25) is 0 Å². The fraction of sp³-hybridized carbons (Fsp3) is 0.133. The number of carbonyl (C=O) groups excluding carboxylic acids is 1. The van der Waals surface area contributed by atoms with Crippen LogP contribution in [-0.2, 0) is 4.79 Å². The van der Waals surface area contributed by atoms with E-state index in [2.05, 4.69) is 21.2 Å². The van der Waals surface area contributed by atoms with Crippen molar-refractivity contribution in [2.75, 3.05) is 5.32 Å². The fourth-order valence-electron chi connectivity index (χ4n) is 1.77. The number of benzene rings is 2. The first-order valence-electron chi connectivity index (χ1n) is 5.98. The van der Waals surface area contributed by atoms with Crippen molar-refractivity contribution in [1.29, 1.82) is 0 Å². The standard InChI is InChI=1S/C15H13BrFNO2/c1-9-7-12(17)11(16)8-13(9)18-15(20)14(19)10-5-3-2-4-6-10/h2-8,14,19H,1H3,(H,18,20). The van der Waals surface area contributed by atoms with Crippen LogP contribution < -0.4 is 5.32 Å². The number of hydrogen-bond acceptors (Lipinski definition) is 2. The number of halogens is 2. The lowest BCUT2D eigenvalue weighted by molar-refractivity contribution is -0.124. The van der Waals surface area contributed by atoms with E-state index in [4.69, 9.17) is 0 Å². The maximum absolute atomic E-state index is 13.3. The minimum absolute atomic E-state index is 0.257. The van der Waals surface area contributed by atoms with Crippen molar-refractivity contribution in [3.63, 3.8) is 0 Å². The molecule has 0 saturated carbocycles. The summed E-state index contributed by atoms with van der Waals surface area (Å²) < 4.78 is 13.6. The molecular weight excluding hydrogens is 325 g/mol. The molecule has 20 heavy (non-hydrogen) atoms. The van der Waals surface area contributed by atoms with Gasteiger partial charge in [-0.2, -0.15) is 0 Å². The lowest BCUT2D eigenvalue weighted by atomic mass is 10.1. The summed E-state index contributed by atoms with van der Waals surface area (Å²) in [5, 5.41) is 12.6. The summed E-state index contributed by atoms with van der Waals surface area (Å²) in [6, 6.07) is 11.4. The molecule has 0 saturated heterocycles. The van der Waals surface area contributed by atoms with Gasteiger partial charge in [-0.15, -0.1) is 0 Å². The Hall–Kier alpha value is -1.72. The van der Waals surface area contributed by atoms with Gasteiger partial charge in [-0.25, -0.2) is 4.39 Å². The number of carbonyl (C=O) groups is 1. The van der Waals surface area contributed by atoms with Gasteiger partial charge < -0.3 is 10.4 Å². The molecule has 2 aromatic carbocycles. The topological polar surface area (TPSA) is 49.3 Å². The van der Waals surface area contributed by atoms with E-state index in [0.29, 0.717) is 16.8 Å². The largest absolute Gasteiger partial charge is 0.378 e. The predicted molar refractivity (Wildman–Crippen MR) is 78.9 cm³/mol. The van der Waals surface area contributed by atoms with Crippen molar-refractivity contribution >= 4 is 27.5 Å². The molecule has 104 valence electrons. The van der Waals surface area contributed by atoms with Crippen LogP contribution in [0.3, 0.4) is 0 Å². The number of aliphatic hydroxyl groups excluding tert-OH is 1. The highest BCUT2D eigenvalue weighted by atomic mass is 79.9. The minimum Gasteiger partial charge on any atom is -0.378 e. The monoisotopic (exact) mass is 337 g/mol. The molecule has 0 heterocycles. The number of rotatable bonds is 3. The van der Waals surface area contributed by atoms with Crippen molar-refractivity contribution in [2.45, 2.75) is 13.0 Å². The molecule has 2 N–H and O–H groups in total. The Kier molecular flexibility index (Phi) is 4.52. The second kappa shape index (κ2) is 6.15. The summed E-state index contributed by atoms with van der Waals surface area (Å²) >= 11 is 3.06. The van der Waals surface area contributed by atoms with Gasteiger partial charge in [0, 0.05) is 5.69 Å². The van der Waals surface area contributed by atoms with E-state index in [-0.39, 0.29) is 4.47 Å². The molecule has 0 aliphatic rings. The van der Waals surface area contributed by atoms with Crippen LogP contribution in [0.1, 0.15) is 17.2 Å². The third kappa shape index (κ3) is 3.23. The first kappa shape index (κ1) is 14.7. The van der Waals surface area contributed by atoms with Gasteiger partial charge in [-0.05, 0) is 46.1 Å². The van der Waals surface area contributed by atoms with Crippen LogP contribution in [0.25, 0.3) is 0 Å². The highest BCUT2D eigenvalue weighted by Gasteiger charge is 2.18. The van der Waals surface area contributed by atoms with Crippen LogP contribution in [0.4, 0.5) is 10.1 Å². The highest BCUT2D eigenvalue weighted by Crippen LogP contribution is 2.25. The molecule has 1 amide bonds. The molecule has 2 aromatic rings. The molecule has 0 aromatic heterocycles. The van der Waals surface area contributed by atoms with Gasteiger partial charge in [0.2, 0.25) is 0 Å². The summed E-state index contributed by atoms with van der Waals surface area (Å²) in [5.74, 6) is -0.957. The van der Waals surface area contributed by atoms with Gasteiger partial charge in [-0.1, -0.05) is 30.3 Å². The summed E-state index contributed by atoms with van der Waals surface area (Å²) in [5.41, 5.74) is 1.54. The lowest BCUT2D eigenvalue weighted by Crippen LogP contribution is -2.21. The maximum atomic E-state index is 13.3. The second-order valence-corrected chi connectivity index (χ2v) is 5.24. The average molecular weight is 338 g/mol. The zero-order valence-corrected chi connectivity index (χ0v) is 12.3. The van der Waals surface area contributed by atoms with Crippen molar-refractivity contribution in [1.82, 2.24) is 0 Å². The van der Waals surface area contributed by atoms with E-state index in [9.17, 15) is 14.3 Å². The van der Waals surface area contributed by atoms with Gasteiger partial charge in [0.1, 0.15) is 5.82 Å². The van der Waals surface area contributed by atoms with Gasteiger partial charge in [-0.3, -0.25) is 4.79 Å². The van der Waals surface area contributed by atoms with Crippen molar-refractivity contribution in [3.8, 4) is 0 Å². The highest BCUT2D eigenvalue weighted by molar-refractivity contribution is 9.10. The fourth-order valence-corrected chi connectivity index (χ4v) is 2.11. The molecule has 1 atom stereocenters. The molecule has 0 bridgehead atoms. The number of anilines is 1. The van der Waals surface area contributed by atoms with Gasteiger partial charge in [0.05, 0.1) is 4.47 Å². The van der Waals surface area contributed by atoms with E-state index >= 15 is 0 Å². The van der Waals surface area contributed by atoms with E-state index in [1.807, 2.05) is 0 Å². The zero-order chi connectivity index (χ0) is 14.7. The van der Waals surface area contributed by atoms with Gasteiger partial charge in [0.25, 0.3) is 5.91 Å². The van der Waals surface area contributed by atoms with E-state index < -0.39 is 17.8 Å². The van der Waals surface area contributed by atoms with E-state index in [1.54, 1.807) is 37.3 Å². The molecule has 0 aliphatic heterocycles. The number of nitrogens with one attached hydrogen (secondary N) is 1. The quantitative estimate of drug-likeness (QED) is 0.899. The Labute approximate surface area is 124 Å². The Morgan fingerprint density at radius 2 is 1.95 bits per heavy atom. The van der Waals surface area contributed by atoms with Gasteiger partial charge in [0.15, 0.2) is 6.10 Å². The van der Waals surface area contributed by atoms with Crippen molar-refractivity contribution < 1.29 is 14.3 Å². The zero-order valence-electron chi connectivity index (χ0n) is 10.7. The molecule has 5 heteroatoms. The molecular formula is C15H13BrFNO2. The first-order valence-corrected chi connectivity index (χ1v) is 6.78. The Morgan fingerprint density at radius 3 is 2.60 bits per heavy atom. The number of aliphatic hydroxyl groups is 1. The Morgan fingerprint density at radius 1 is 1.30 bits per heavy atom. The van der Waals surface area contributed by atoms with Crippen molar-refractivity contribution in [3.05, 3.63) is 63.9 Å². The normalized spacial score (nSPS) is 12.0. The molecule has 0 fully saturated rings. The van der Waals surface area contributed by atoms with E-state index in [0.717, 1.165) is 0 Å². The number of aryl methyl sites for hydroxylation is 1. The number of hydrogen-bond donors (Lipinski definition) is 2. The van der Waals surface area contributed by atoms with Gasteiger partial charge >= 0.3 is 0 Å². The van der Waals surface area contributed by atoms with Crippen molar-refractivity contribution in [2.24, 2.45) is 0 Å². The molecule has 3 nitrogen and oxygen atoms in total. The SMILES string of the molecule is Cc1cc(F)c(Br)cc1NC(=O)C(O)c1ccccc1. The third-order valence-corrected chi connectivity index (χ3v) is 3.50. The second-order valence-electron chi connectivity index (χ2n) is 4.38. The molecule has 0 aliphatic carbocycles. The third-order valence-electron chi connectivity index (χ3n) is 2.89. The lowest BCUT2D eigenvalue weighted by Gasteiger charge is -2.13. The minimum atomic E-state index is -1.26. The van der Waals surface area contributed by atoms with Crippen LogP contribution in [0.15, 0.2) is 46.9 Å². The molecule has 2 rings (SSSR count). The first-order chi connectivity index (χ1) is 9.49. The Balaban J connectivity index is 2.18. The van der Waals surface area contributed by atoms with Crippen LogP contribution >= 0.6 is 15.9 Å². The summed E-state index contributed by atoms with van der Waals surface area (Å²) in [6.45, 7) is 1.68. The molecule has 1 unspecified atom stereocenters. The summed E-state index contributed by atoms with van der Waals surface area (Å²) in [4.78, 5) is 12.0. The summed E-state index contributed by atoms with van der Waals surface area (Å²) in [7, 11) is 0. The van der Waals surface area contributed by atoms with Crippen LogP contribution in [-0.4, -0.2) is 11.0 Å². The smallest absolute Gasteiger partial charge is 0.257 e. The predicted octanol–water partition coefficient (Wildman–Crippen LogP) is 3.57. The summed E-state index contributed by atoms with van der Waals surface area (Å²) in [6.07, 6.45) is -1.26.